The fraction of sp³-hybridized carbons (Fsp3) is 0.500. The molecule has 0 bridgehead atoms. The summed E-state index contributed by atoms with van der Waals surface area (Å²) in [5.41, 5.74) is 2.75. The zero-order valence-electron chi connectivity index (χ0n) is 26.5. The maximum atomic E-state index is 13.0. The maximum Gasteiger partial charge on any atom is 0.266 e. The highest BCUT2D eigenvalue weighted by Crippen LogP contribution is 2.44. The highest BCUT2D eigenvalue weighted by Gasteiger charge is 2.52. The molecule has 1 N–H and O–H groups in total. The van der Waals surface area contributed by atoms with Crippen LogP contribution in [0.15, 0.2) is 42.7 Å². The van der Waals surface area contributed by atoms with Crippen molar-refractivity contribution in [1.82, 2.24) is 29.5 Å². The van der Waals surface area contributed by atoms with Crippen molar-refractivity contribution in [3.05, 3.63) is 59.0 Å². The Kier molecular flexibility index (Phi) is 8.88. The van der Waals surface area contributed by atoms with Crippen LogP contribution < -0.4 is 19.1 Å². The molecule has 3 aromatic heterocycles. The van der Waals surface area contributed by atoms with Crippen molar-refractivity contribution in [2.45, 2.75) is 70.9 Å². The minimum absolute atomic E-state index is 0.0117. The average molecular weight is 654 g/mol. The molecule has 2 fully saturated rings. The molecule has 2 aliphatic rings. The molecule has 0 unspecified atom stereocenters. The molecule has 1 spiro atoms. The standard InChI is InChI=1S/C32H40ClN7O4S/c1-20-26(33)24(11-14-34-20)44-30-27-29(40(37-30)18-22-7-9-23(42-6)10-8-22)36-25(17-35-27)39-15-12-32(13-16-39)19-43-21(2)28(32)38-45(41)31(3,4)5/h7-11,14,17,21,28,38H,12-13,15-16,18-19H2,1-6H3/t21-,28+,45-/m0/s1. The van der Waals surface area contributed by atoms with Gasteiger partial charge in [-0.05, 0) is 65.2 Å². The lowest BCUT2D eigenvalue weighted by molar-refractivity contribution is 0.0973. The van der Waals surface area contributed by atoms with Crippen molar-refractivity contribution in [2.24, 2.45) is 5.41 Å². The number of ether oxygens (including phenoxy) is 3. The Balaban J connectivity index is 1.28. The molecule has 0 saturated carbocycles. The van der Waals surface area contributed by atoms with Crippen LogP contribution in [0.25, 0.3) is 11.2 Å². The monoisotopic (exact) mass is 653 g/mol. The number of benzene rings is 1. The van der Waals surface area contributed by atoms with Gasteiger partial charge in [-0.25, -0.2) is 14.6 Å². The number of nitrogens with one attached hydrogen (secondary N) is 1. The van der Waals surface area contributed by atoms with Gasteiger partial charge in [0.2, 0.25) is 0 Å². The molecule has 6 rings (SSSR count). The molecule has 45 heavy (non-hydrogen) atoms. The van der Waals surface area contributed by atoms with Gasteiger partial charge in [0.05, 0.1) is 44.3 Å². The molecule has 11 nitrogen and oxygen atoms in total. The van der Waals surface area contributed by atoms with Gasteiger partial charge in [0.15, 0.2) is 16.9 Å². The van der Waals surface area contributed by atoms with Gasteiger partial charge < -0.3 is 23.7 Å². The van der Waals surface area contributed by atoms with Gasteiger partial charge in [0, 0.05) is 42.1 Å². The van der Waals surface area contributed by atoms with E-state index in [2.05, 4.69) is 21.5 Å². The summed E-state index contributed by atoms with van der Waals surface area (Å²) in [5.74, 6) is 2.33. The number of pyridine rings is 1. The van der Waals surface area contributed by atoms with Crippen LogP contribution in [0.4, 0.5) is 5.82 Å². The smallest absolute Gasteiger partial charge is 0.266 e. The van der Waals surface area contributed by atoms with Crippen molar-refractivity contribution in [3.63, 3.8) is 0 Å². The summed E-state index contributed by atoms with van der Waals surface area (Å²) in [6.07, 6.45) is 5.19. The predicted octanol–water partition coefficient (Wildman–Crippen LogP) is 5.46. The first-order valence-corrected chi connectivity index (χ1v) is 16.7. The van der Waals surface area contributed by atoms with Gasteiger partial charge in [-0.2, -0.15) is 0 Å². The molecule has 0 amide bonds. The second-order valence-corrected chi connectivity index (χ2v) is 15.2. The lowest BCUT2D eigenvalue weighted by Gasteiger charge is -2.43. The first kappa shape index (κ1) is 31.8. The SMILES string of the molecule is COc1ccc(Cn2nc(Oc3ccnc(C)c3Cl)c3ncc(N4CCC5(CC4)CO[C@@H](C)[C@H]5N[S@@+]([O-])C(C)(C)C)nc32)cc1. The zero-order chi connectivity index (χ0) is 31.9. The summed E-state index contributed by atoms with van der Waals surface area (Å²) in [6.45, 7) is 12.5. The van der Waals surface area contributed by atoms with Crippen molar-refractivity contribution in [1.29, 1.82) is 0 Å². The Morgan fingerprint density at radius 2 is 1.89 bits per heavy atom. The lowest BCUT2D eigenvalue weighted by atomic mass is 9.73. The number of rotatable bonds is 8. The second-order valence-electron chi connectivity index (χ2n) is 12.9. The number of fused-ring (bicyclic) bond motifs is 1. The highest BCUT2D eigenvalue weighted by molar-refractivity contribution is 7.90. The molecule has 2 aliphatic heterocycles. The van der Waals surface area contributed by atoms with E-state index in [1.54, 1.807) is 25.6 Å². The minimum Gasteiger partial charge on any atom is -0.598 e. The summed E-state index contributed by atoms with van der Waals surface area (Å²) in [4.78, 5) is 16.4. The molecule has 1 aromatic carbocycles. The summed E-state index contributed by atoms with van der Waals surface area (Å²) >= 11 is 5.32. The molecule has 4 aromatic rings. The van der Waals surface area contributed by atoms with E-state index in [1.807, 2.05) is 56.6 Å². The number of aryl methyl sites for hydroxylation is 1. The van der Waals surface area contributed by atoms with Crippen LogP contribution in [-0.2, 0) is 22.6 Å². The van der Waals surface area contributed by atoms with Crippen LogP contribution in [0.3, 0.4) is 0 Å². The number of halogens is 1. The third kappa shape index (κ3) is 6.44. The van der Waals surface area contributed by atoms with E-state index in [1.165, 1.54) is 0 Å². The van der Waals surface area contributed by atoms with E-state index in [4.69, 9.17) is 40.9 Å². The van der Waals surface area contributed by atoms with Gasteiger partial charge >= 0.3 is 0 Å². The first-order chi connectivity index (χ1) is 21.5. The van der Waals surface area contributed by atoms with E-state index < -0.39 is 11.4 Å². The molecule has 3 atom stereocenters. The third-order valence-corrected chi connectivity index (χ3v) is 10.8. The normalized spacial score (nSPS) is 20.6. The van der Waals surface area contributed by atoms with Gasteiger partial charge in [-0.3, -0.25) is 4.98 Å². The Labute approximate surface area is 272 Å². The molecular formula is C32H40ClN7O4S. The molecule has 2 saturated heterocycles. The highest BCUT2D eigenvalue weighted by atomic mass is 35.5. The first-order valence-electron chi connectivity index (χ1n) is 15.2. The maximum absolute atomic E-state index is 13.0. The molecular weight excluding hydrogens is 614 g/mol. The zero-order valence-corrected chi connectivity index (χ0v) is 28.1. The Morgan fingerprint density at radius 3 is 2.58 bits per heavy atom. The van der Waals surface area contributed by atoms with E-state index in [0.29, 0.717) is 46.7 Å². The summed E-state index contributed by atoms with van der Waals surface area (Å²) in [7, 11) is 1.65. The largest absolute Gasteiger partial charge is 0.598 e. The number of anilines is 1. The number of piperidine rings is 1. The fourth-order valence-corrected chi connectivity index (χ4v) is 7.16. The Bertz CT molecular complexity index is 1650. The predicted molar refractivity (Wildman–Crippen MR) is 176 cm³/mol. The van der Waals surface area contributed by atoms with E-state index >= 15 is 0 Å². The number of aromatic nitrogens is 5. The topological polar surface area (TPSA) is 123 Å². The third-order valence-electron chi connectivity index (χ3n) is 8.76. The van der Waals surface area contributed by atoms with Crippen LogP contribution in [0, 0.1) is 12.3 Å². The summed E-state index contributed by atoms with van der Waals surface area (Å²) < 4.78 is 35.6. The van der Waals surface area contributed by atoms with E-state index in [9.17, 15) is 4.55 Å². The van der Waals surface area contributed by atoms with Crippen molar-refractivity contribution in [3.8, 4) is 17.4 Å². The van der Waals surface area contributed by atoms with E-state index in [0.717, 1.165) is 43.1 Å². The van der Waals surface area contributed by atoms with Crippen molar-refractivity contribution < 1.29 is 18.8 Å². The fourth-order valence-electron chi connectivity index (χ4n) is 5.98. The molecule has 240 valence electrons. The van der Waals surface area contributed by atoms with E-state index in [-0.39, 0.29) is 22.3 Å². The van der Waals surface area contributed by atoms with Crippen LogP contribution >= 0.6 is 11.6 Å². The lowest BCUT2D eigenvalue weighted by Crippen LogP contribution is -2.56. The Morgan fingerprint density at radius 1 is 1.16 bits per heavy atom. The van der Waals surface area contributed by atoms with Crippen LogP contribution in [0.2, 0.25) is 5.02 Å². The van der Waals surface area contributed by atoms with Gasteiger partial charge in [0.25, 0.3) is 5.88 Å². The van der Waals surface area contributed by atoms with Gasteiger partial charge in [-0.1, -0.05) is 23.7 Å². The molecule has 0 radical (unpaired) electrons. The van der Waals surface area contributed by atoms with Gasteiger partial charge in [-0.15, -0.1) is 9.82 Å². The minimum atomic E-state index is -1.18. The van der Waals surface area contributed by atoms with Crippen molar-refractivity contribution >= 4 is 39.9 Å². The van der Waals surface area contributed by atoms with Crippen LogP contribution in [0.5, 0.6) is 17.4 Å². The quantitative estimate of drug-likeness (QED) is 0.245. The molecule has 5 heterocycles. The van der Waals surface area contributed by atoms with Crippen LogP contribution in [0.1, 0.15) is 51.8 Å². The van der Waals surface area contributed by atoms with Crippen LogP contribution in [-0.4, -0.2) is 73.0 Å². The van der Waals surface area contributed by atoms with Gasteiger partial charge in [0.1, 0.15) is 21.3 Å². The molecule has 13 heteroatoms. The average Bonchev–Trinajstić information content (AvgIpc) is 3.51. The number of nitrogens with zero attached hydrogens (tertiary/aromatic N) is 6. The summed E-state index contributed by atoms with van der Waals surface area (Å²) in [6, 6.07) is 9.57. The number of hydrogen-bond acceptors (Lipinski definition) is 10. The van der Waals surface area contributed by atoms with Crippen molar-refractivity contribution in [2.75, 3.05) is 31.7 Å². The second kappa shape index (κ2) is 12.6. The number of methoxy groups -OCH3 is 1. The molecule has 0 aliphatic carbocycles. The Hall–Kier alpha value is -3.16. The summed E-state index contributed by atoms with van der Waals surface area (Å²) in [5, 5.41) is 5.21. The number of hydrogen-bond donors (Lipinski definition) is 1.